The van der Waals surface area contributed by atoms with Crippen molar-refractivity contribution in [2.45, 2.75) is 0 Å². The van der Waals surface area contributed by atoms with Gasteiger partial charge >= 0.3 is 0 Å². The highest BCUT2D eigenvalue weighted by Crippen LogP contribution is 2.21. The number of carbonyl (C=O) groups excluding carboxylic acids is 1. The van der Waals surface area contributed by atoms with Gasteiger partial charge in [-0.2, -0.15) is 0 Å². The molecule has 0 unspecified atom stereocenters. The van der Waals surface area contributed by atoms with Crippen LogP contribution in [0.1, 0.15) is 10.4 Å². The molecule has 1 amide bonds. The van der Waals surface area contributed by atoms with Crippen LogP contribution in [0.15, 0.2) is 53.0 Å². The first-order valence-corrected chi connectivity index (χ1v) is 7.99. The van der Waals surface area contributed by atoms with Crippen LogP contribution >= 0.6 is 15.9 Å². The van der Waals surface area contributed by atoms with Crippen molar-refractivity contribution in [3.8, 4) is 0 Å². The molecule has 2 aromatic rings. The van der Waals surface area contributed by atoms with Gasteiger partial charge in [0.1, 0.15) is 5.82 Å². The number of benzene rings is 2. The molecule has 1 fully saturated rings. The highest BCUT2D eigenvalue weighted by molar-refractivity contribution is 9.10. The van der Waals surface area contributed by atoms with Crippen molar-refractivity contribution >= 4 is 27.5 Å². The minimum absolute atomic E-state index is 0.151. The number of nitrogens with zero attached hydrogens (tertiary/aromatic N) is 2. The SMILES string of the molecule is O=C(c1ccccc1F)N1CCN(c2cccc(Br)c2)CC1. The highest BCUT2D eigenvalue weighted by Gasteiger charge is 2.23. The van der Waals surface area contributed by atoms with Crippen LogP contribution in [0.5, 0.6) is 0 Å². The Morgan fingerprint density at radius 1 is 1.00 bits per heavy atom. The number of hydrogen-bond acceptors (Lipinski definition) is 2. The van der Waals surface area contributed by atoms with Gasteiger partial charge in [-0.05, 0) is 30.3 Å². The maximum Gasteiger partial charge on any atom is 0.256 e. The number of hydrogen-bond donors (Lipinski definition) is 0. The lowest BCUT2D eigenvalue weighted by Gasteiger charge is -2.36. The molecule has 0 aliphatic carbocycles. The quantitative estimate of drug-likeness (QED) is 0.815. The molecule has 1 aliphatic rings. The first kappa shape index (κ1) is 15.0. The first-order valence-electron chi connectivity index (χ1n) is 7.19. The second-order valence-corrected chi connectivity index (χ2v) is 6.15. The Hall–Kier alpha value is -1.88. The second-order valence-electron chi connectivity index (χ2n) is 5.24. The summed E-state index contributed by atoms with van der Waals surface area (Å²) in [5.74, 6) is -0.686. The Kier molecular flexibility index (Phi) is 4.43. The van der Waals surface area contributed by atoms with Gasteiger partial charge < -0.3 is 9.80 Å². The third-order valence-electron chi connectivity index (χ3n) is 3.84. The van der Waals surface area contributed by atoms with Crippen molar-refractivity contribution in [3.63, 3.8) is 0 Å². The molecule has 5 heteroatoms. The topological polar surface area (TPSA) is 23.6 Å². The van der Waals surface area contributed by atoms with E-state index in [1.165, 1.54) is 6.07 Å². The number of carbonyl (C=O) groups is 1. The van der Waals surface area contributed by atoms with Crippen LogP contribution in [0, 0.1) is 5.82 Å². The van der Waals surface area contributed by atoms with Crippen molar-refractivity contribution in [2.24, 2.45) is 0 Å². The monoisotopic (exact) mass is 362 g/mol. The van der Waals surface area contributed by atoms with Crippen LogP contribution in [-0.4, -0.2) is 37.0 Å². The van der Waals surface area contributed by atoms with E-state index < -0.39 is 5.82 Å². The van der Waals surface area contributed by atoms with E-state index in [-0.39, 0.29) is 11.5 Å². The molecule has 1 heterocycles. The number of halogens is 2. The molecule has 0 radical (unpaired) electrons. The molecule has 1 aliphatic heterocycles. The minimum atomic E-state index is -0.457. The van der Waals surface area contributed by atoms with Gasteiger partial charge in [-0.3, -0.25) is 4.79 Å². The average molecular weight is 363 g/mol. The average Bonchev–Trinajstić information content (AvgIpc) is 2.55. The van der Waals surface area contributed by atoms with E-state index in [4.69, 9.17) is 0 Å². The zero-order chi connectivity index (χ0) is 15.5. The maximum atomic E-state index is 13.7. The molecular formula is C17H16BrFN2O. The summed E-state index contributed by atoms with van der Waals surface area (Å²) in [6.07, 6.45) is 0. The Bertz CT molecular complexity index is 684. The Labute approximate surface area is 137 Å². The van der Waals surface area contributed by atoms with Crippen LogP contribution in [0.4, 0.5) is 10.1 Å². The van der Waals surface area contributed by atoms with Gasteiger partial charge in [0.2, 0.25) is 0 Å². The zero-order valence-corrected chi connectivity index (χ0v) is 13.6. The van der Waals surface area contributed by atoms with Gasteiger partial charge in [-0.15, -0.1) is 0 Å². The zero-order valence-electron chi connectivity index (χ0n) is 12.0. The molecule has 114 valence electrons. The van der Waals surface area contributed by atoms with Crippen LogP contribution in [-0.2, 0) is 0 Å². The fourth-order valence-corrected chi connectivity index (χ4v) is 3.03. The molecule has 0 aromatic heterocycles. The van der Waals surface area contributed by atoms with Gasteiger partial charge in [0.25, 0.3) is 5.91 Å². The maximum absolute atomic E-state index is 13.7. The summed E-state index contributed by atoms with van der Waals surface area (Å²) in [4.78, 5) is 16.3. The molecule has 0 atom stereocenters. The van der Waals surface area contributed by atoms with E-state index in [9.17, 15) is 9.18 Å². The molecule has 1 saturated heterocycles. The number of piperazine rings is 1. The smallest absolute Gasteiger partial charge is 0.256 e. The van der Waals surface area contributed by atoms with Crippen molar-refractivity contribution in [1.82, 2.24) is 4.90 Å². The lowest BCUT2D eigenvalue weighted by Crippen LogP contribution is -2.49. The van der Waals surface area contributed by atoms with E-state index in [0.29, 0.717) is 13.1 Å². The number of amides is 1. The predicted octanol–water partition coefficient (Wildman–Crippen LogP) is 3.55. The third-order valence-corrected chi connectivity index (χ3v) is 4.34. The minimum Gasteiger partial charge on any atom is -0.368 e. The third kappa shape index (κ3) is 3.14. The van der Waals surface area contributed by atoms with Crippen LogP contribution in [0.2, 0.25) is 0 Å². The van der Waals surface area contributed by atoms with E-state index >= 15 is 0 Å². The molecular weight excluding hydrogens is 347 g/mol. The lowest BCUT2D eigenvalue weighted by molar-refractivity contribution is 0.0742. The standard InChI is InChI=1S/C17H16BrFN2O/c18-13-4-3-5-14(12-13)20-8-10-21(11-9-20)17(22)15-6-1-2-7-16(15)19/h1-7,12H,8-11H2. The highest BCUT2D eigenvalue weighted by atomic mass is 79.9. The molecule has 22 heavy (non-hydrogen) atoms. The predicted molar refractivity (Wildman–Crippen MR) is 88.7 cm³/mol. The summed E-state index contributed by atoms with van der Waals surface area (Å²) in [6.45, 7) is 2.69. The van der Waals surface area contributed by atoms with E-state index in [1.807, 2.05) is 12.1 Å². The number of anilines is 1. The lowest BCUT2D eigenvalue weighted by atomic mass is 10.1. The van der Waals surface area contributed by atoms with Crippen molar-refractivity contribution in [1.29, 1.82) is 0 Å². The summed E-state index contributed by atoms with van der Waals surface area (Å²) in [7, 11) is 0. The van der Waals surface area contributed by atoms with E-state index in [0.717, 1.165) is 23.2 Å². The fourth-order valence-electron chi connectivity index (χ4n) is 2.65. The van der Waals surface area contributed by atoms with E-state index in [2.05, 4.69) is 33.0 Å². The summed E-state index contributed by atoms with van der Waals surface area (Å²) < 4.78 is 14.8. The van der Waals surface area contributed by atoms with Crippen LogP contribution < -0.4 is 4.90 Å². The van der Waals surface area contributed by atoms with Crippen LogP contribution in [0.25, 0.3) is 0 Å². The van der Waals surface area contributed by atoms with Crippen molar-refractivity contribution < 1.29 is 9.18 Å². The van der Waals surface area contributed by atoms with Crippen molar-refractivity contribution in [2.75, 3.05) is 31.1 Å². The van der Waals surface area contributed by atoms with Gasteiger partial charge in [0.05, 0.1) is 5.56 Å². The number of rotatable bonds is 2. The molecule has 3 nitrogen and oxygen atoms in total. The van der Waals surface area contributed by atoms with Gasteiger partial charge in [0, 0.05) is 36.3 Å². The van der Waals surface area contributed by atoms with Crippen LogP contribution in [0.3, 0.4) is 0 Å². The summed E-state index contributed by atoms with van der Waals surface area (Å²) in [6, 6.07) is 14.2. The fraction of sp³-hybridized carbons (Fsp3) is 0.235. The normalized spacial score (nSPS) is 15.0. The molecule has 0 N–H and O–H groups in total. The largest absolute Gasteiger partial charge is 0.368 e. The summed E-state index contributed by atoms with van der Waals surface area (Å²) in [5.41, 5.74) is 1.28. The Balaban J connectivity index is 1.67. The molecule has 0 bridgehead atoms. The molecule has 0 spiro atoms. The second kappa shape index (κ2) is 6.48. The summed E-state index contributed by atoms with van der Waals surface area (Å²) in [5, 5.41) is 0. The van der Waals surface area contributed by atoms with Crippen molar-refractivity contribution in [3.05, 3.63) is 64.4 Å². The molecule has 3 rings (SSSR count). The Morgan fingerprint density at radius 2 is 1.73 bits per heavy atom. The first-order chi connectivity index (χ1) is 10.6. The summed E-state index contributed by atoms with van der Waals surface area (Å²) >= 11 is 3.47. The molecule has 2 aromatic carbocycles. The Morgan fingerprint density at radius 3 is 2.41 bits per heavy atom. The van der Waals surface area contributed by atoms with E-state index in [1.54, 1.807) is 23.1 Å². The van der Waals surface area contributed by atoms with Gasteiger partial charge in [-0.25, -0.2) is 4.39 Å². The van der Waals surface area contributed by atoms with Gasteiger partial charge in [-0.1, -0.05) is 34.1 Å². The van der Waals surface area contributed by atoms with Gasteiger partial charge in [0.15, 0.2) is 0 Å². The molecule has 0 saturated carbocycles.